The van der Waals surface area contributed by atoms with E-state index in [1.807, 2.05) is 18.2 Å². The minimum absolute atomic E-state index is 0.113. The molecule has 2 aromatic carbocycles. The molecule has 2 fully saturated rings. The summed E-state index contributed by atoms with van der Waals surface area (Å²) in [7, 11) is 0. The van der Waals surface area contributed by atoms with Crippen molar-refractivity contribution in [1.29, 1.82) is 0 Å². The first-order chi connectivity index (χ1) is 16.6. The number of Topliss-reactive ketones (excluding diaryl/α,β-unsaturated/α-hetero) is 1. The molecule has 4 rings (SSSR count). The number of ketones is 1. The number of carbonyl (C=O) groups is 2. The quantitative estimate of drug-likeness (QED) is 0.266. The monoisotopic (exact) mass is 462 g/mol. The Labute approximate surface area is 199 Å². The van der Waals surface area contributed by atoms with Crippen LogP contribution in [0.25, 0.3) is 5.76 Å². The molecule has 34 heavy (non-hydrogen) atoms. The van der Waals surface area contributed by atoms with Crippen molar-refractivity contribution in [1.82, 2.24) is 9.80 Å². The molecule has 2 saturated heterocycles. The van der Waals surface area contributed by atoms with Gasteiger partial charge in [-0.1, -0.05) is 55.1 Å². The maximum atomic E-state index is 13.1. The highest BCUT2D eigenvalue weighted by Crippen LogP contribution is 2.39. The number of benzene rings is 2. The van der Waals surface area contributed by atoms with Gasteiger partial charge >= 0.3 is 0 Å². The van der Waals surface area contributed by atoms with Gasteiger partial charge in [-0.3, -0.25) is 14.5 Å². The van der Waals surface area contributed by atoms with E-state index >= 15 is 0 Å². The molecule has 0 unspecified atom stereocenters. The first-order valence-electron chi connectivity index (χ1n) is 11.6. The minimum atomic E-state index is -0.668. The van der Waals surface area contributed by atoms with Crippen LogP contribution in [0, 0.1) is 0 Å². The normalized spacial score (nSPS) is 20.5. The molecule has 2 aliphatic rings. The molecule has 2 heterocycles. The fraction of sp³-hybridized carbons (Fsp3) is 0.333. The van der Waals surface area contributed by atoms with E-state index in [2.05, 4.69) is 11.5 Å². The summed E-state index contributed by atoms with van der Waals surface area (Å²) in [4.78, 5) is 30.1. The van der Waals surface area contributed by atoms with Crippen molar-refractivity contribution in [2.45, 2.75) is 12.5 Å². The number of morpholine rings is 1. The van der Waals surface area contributed by atoms with Gasteiger partial charge in [-0.05, 0) is 24.1 Å². The summed E-state index contributed by atoms with van der Waals surface area (Å²) in [5.74, 6) is -0.747. The predicted molar refractivity (Wildman–Crippen MR) is 129 cm³/mol. The van der Waals surface area contributed by atoms with Gasteiger partial charge in [0.25, 0.3) is 11.7 Å². The molecule has 0 bridgehead atoms. The van der Waals surface area contributed by atoms with Crippen molar-refractivity contribution in [3.05, 3.63) is 84.0 Å². The zero-order valence-corrected chi connectivity index (χ0v) is 19.2. The number of likely N-dealkylation sites (tertiary alicyclic amines) is 1. The van der Waals surface area contributed by atoms with Gasteiger partial charge in [0.15, 0.2) is 0 Å². The van der Waals surface area contributed by atoms with Gasteiger partial charge in [-0.2, -0.15) is 0 Å². The van der Waals surface area contributed by atoms with Crippen molar-refractivity contribution in [2.75, 3.05) is 46.0 Å². The molecule has 1 N–H and O–H groups in total. The van der Waals surface area contributed by atoms with E-state index in [0.29, 0.717) is 37.7 Å². The molecule has 1 amide bonds. The lowest BCUT2D eigenvalue weighted by Gasteiger charge is -2.29. The third-order valence-electron chi connectivity index (χ3n) is 6.13. The second-order valence-corrected chi connectivity index (χ2v) is 8.33. The predicted octanol–water partition coefficient (Wildman–Crippen LogP) is 3.40. The van der Waals surface area contributed by atoms with E-state index in [1.165, 1.54) is 0 Å². The number of amides is 1. The number of carbonyl (C=O) groups excluding carboxylic acids is 2. The third-order valence-corrected chi connectivity index (χ3v) is 6.13. The summed E-state index contributed by atoms with van der Waals surface area (Å²) in [6.07, 6.45) is 2.38. The van der Waals surface area contributed by atoms with E-state index in [-0.39, 0.29) is 11.3 Å². The van der Waals surface area contributed by atoms with Crippen molar-refractivity contribution in [2.24, 2.45) is 0 Å². The minimum Gasteiger partial charge on any atom is -0.507 e. The summed E-state index contributed by atoms with van der Waals surface area (Å²) < 4.78 is 11.0. The van der Waals surface area contributed by atoms with Gasteiger partial charge in [-0.15, -0.1) is 0 Å². The van der Waals surface area contributed by atoms with Crippen LogP contribution in [-0.2, 0) is 14.3 Å². The van der Waals surface area contributed by atoms with E-state index in [9.17, 15) is 14.7 Å². The van der Waals surface area contributed by atoms with Crippen LogP contribution in [0.3, 0.4) is 0 Å². The van der Waals surface area contributed by atoms with Crippen LogP contribution >= 0.6 is 0 Å². The Morgan fingerprint density at radius 3 is 2.44 bits per heavy atom. The van der Waals surface area contributed by atoms with E-state index in [1.54, 1.807) is 47.4 Å². The van der Waals surface area contributed by atoms with Crippen LogP contribution in [0.4, 0.5) is 0 Å². The van der Waals surface area contributed by atoms with Crippen LogP contribution in [-0.4, -0.2) is 72.6 Å². The Bertz CT molecular complexity index is 1040. The lowest BCUT2D eigenvalue weighted by Crippen LogP contribution is -2.38. The summed E-state index contributed by atoms with van der Waals surface area (Å²) in [5, 5.41) is 11.1. The van der Waals surface area contributed by atoms with E-state index in [4.69, 9.17) is 9.47 Å². The molecule has 7 heteroatoms. The summed E-state index contributed by atoms with van der Waals surface area (Å²) in [5.41, 5.74) is 1.36. The molecule has 1 atom stereocenters. The molecule has 0 saturated carbocycles. The second-order valence-electron chi connectivity index (χ2n) is 8.33. The summed E-state index contributed by atoms with van der Waals surface area (Å²) in [6.45, 7) is 8.40. The highest BCUT2D eigenvalue weighted by Gasteiger charge is 2.45. The fourth-order valence-electron chi connectivity index (χ4n) is 4.40. The lowest BCUT2D eigenvalue weighted by atomic mass is 9.95. The number of hydrogen-bond acceptors (Lipinski definition) is 6. The number of aliphatic hydroxyl groups excluding tert-OH is 1. The van der Waals surface area contributed by atoms with Gasteiger partial charge in [0, 0.05) is 31.7 Å². The smallest absolute Gasteiger partial charge is 0.295 e. The fourth-order valence-corrected chi connectivity index (χ4v) is 4.40. The van der Waals surface area contributed by atoms with Crippen LogP contribution in [0.2, 0.25) is 0 Å². The van der Waals surface area contributed by atoms with E-state index < -0.39 is 17.7 Å². The topological polar surface area (TPSA) is 79.3 Å². The molecule has 0 aromatic heterocycles. The van der Waals surface area contributed by atoms with Crippen LogP contribution in [0.1, 0.15) is 23.6 Å². The number of hydrogen-bond donors (Lipinski definition) is 1. The first kappa shape index (κ1) is 23.7. The number of nitrogens with zero attached hydrogens (tertiary/aromatic N) is 2. The van der Waals surface area contributed by atoms with Crippen LogP contribution in [0.15, 0.2) is 72.8 Å². The highest BCUT2D eigenvalue weighted by atomic mass is 16.5. The lowest BCUT2D eigenvalue weighted by molar-refractivity contribution is -0.140. The van der Waals surface area contributed by atoms with Crippen LogP contribution in [0.5, 0.6) is 5.75 Å². The van der Waals surface area contributed by atoms with Gasteiger partial charge in [0.2, 0.25) is 0 Å². The standard InChI is InChI=1S/C27H30N2O5/c1-2-17-34-22-11-9-20(10-12-22)24-23(25(30)21-7-4-3-5-8-21)26(31)27(32)29(24)14-6-13-28-15-18-33-19-16-28/h2-5,7-12,24,30H,1,6,13-19H2/t24-/m1/s1. The molecule has 2 aromatic rings. The largest absolute Gasteiger partial charge is 0.507 e. The Balaban J connectivity index is 1.64. The zero-order valence-electron chi connectivity index (χ0n) is 19.2. The molecule has 0 spiro atoms. The SMILES string of the molecule is C=CCOc1ccc([C@@H]2C(=C(O)c3ccccc3)C(=O)C(=O)N2CCCN2CCOCC2)cc1. The van der Waals surface area contributed by atoms with Gasteiger partial charge < -0.3 is 19.5 Å². The van der Waals surface area contributed by atoms with Crippen molar-refractivity contribution in [3.8, 4) is 5.75 Å². The van der Waals surface area contributed by atoms with Crippen LogP contribution < -0.4 is 4.74 Å². The zero-order chi connectivity index (χ0) is 23.9. The van der Waals surface area contributed by atoms with Gasteiger partial charge in [0.05, 0.1) is 24.8 Å². The average Bonchev–Trinajstić information content (AvgIpc) is 3.13. The Kier molecular flexibility index (Phi) is 7.77. The number of ether oxygens (including phenoxy) is 2. The molecule has 0 radical (unpaired) electrons. The summed E-state index contributed by atoms with van der Waals surface area (Å²) in [6, 6.07) is 15.5. The Morgan fingerprint density at radius 2 is 1.76 bits per heavy atom. The maximum Gasteiger partial charge on any atom is 0.295 e. The Hall–Kier alpha value is -3.42. The summed E-state index contributed by atoms with van der Waals surface area (Å²) >= 11 is 0. The molecule has 0 aliphatic carbocycles. The van der Waals surface area contributed by atoms with Crippen molar-refractivity contribution >= 4 is 17.4 Å². The first-order valence-corrected chi connectivity index (χ1v) is 11.6. The van der Waals surface area contributed by atoms with Crippen molar-refractivity contribution in [3.63, 3.8) is 0 Å². The van der Waals surface area contributed by atoms with Gasteiger partial charge in [-0.25, -0.2) is 0 Å². The molecule has 178 valence electrons. The third kappa shape index (κ3) is 5.21. The molecular formula is C27H30N2O5. The average molecular weight is 463 g/mol. The molecular weight excluding hydrogens is 432 g/mol. The highest BCUT2D eigenvalue weighted by molar-refractivity contribution is 6.46. The number of rotatable bonds is 9. The van der Waals surface area contributed by atoms with Crippen molar-refractivity contribution < 1.29 is 24.2 Å². The molecule has 7 nitrogen and oxygen atoms in total. The molecule has 2 aliphatic heterocycles. The maximum absolute atomic E-state index is 13.1. The Morgan fingerprint density at radius 1 is 1.06 bits per heavy atom. The second kappa shape index (κ2) is 11.1. The van der Waals surface area contributed by atoms with E-state index in [0.717, 1.165) is 31.6 Å². The number of aliphatic hydroxyl groups is 1. The van der Waals surface area contributed by atoms with Gasteiger partial charge in [0.1, 0.15) is 18.1 Å².